The fraction of sp³-hybridized carbons (Fsp3) is 0.600. The molecule has 2 amide bonds. The van der Waals surface area contributed by atoms with Gasteiger partial charge in [0, 0.05) is 13.5 Å². The molecule has 1 aromatic rings. The lowest BCUT2D eigenvalue weighted by atomic mass is 10.0. The van der Waals surface area contributed by atoms with Crippen molar-refractivity contribution in [3.63, 3.8) is 0 Å². The van der Waals surface area contributed by atoms with Crippen LogP contribution in [0.2, 0.25) is 0 Å². The average molecular weight is 346 g/mol. The van der Waals surface area contributed by atoms with Gasteiger partial charge in [-0.1, -0.05) is 26.0 Å². The second-order valence-electron chi connectivity index (χ2n) is 7.08. The normalized spacial score (nSPS) is 15.8. The summed E-state index contributed by atoms with van der Waals surface area (Å²) in [5.41, 5.74) is 1.08. The van der Waals surface area contributed by atoms with Crippen LogP contribution in [0.15, 0.2) is 24.3 Å². The lowest BCUT2D eigenvalue weighted by molar-refractivity contribution is -0.129. The maximum absolute atomic E-state index is 12.2. The molecule has 0 saturated heterocycles. The summed E-state index contributed by atoms with van der Waals surface area (Å²) in [6.07, 6.45) is 6.06. The molecule has 0 unspecified atom stereocenters. The molecule has 1 fully saturated rings. The Morgan fingerprint density at radius 1 is 1.24 bits per heavy atom. The van der Waals surface area contributed by atoms with E-state index in [9.17, 15) is 9.59 Å². The molecule has 1 saturated carbocycles. The van der Waals surface area contributed by atoms with Gasteiger partial charge in [0.05, 0.1) is 6.10 Å². The fourth-order valence-corrected chi connectivity index (χ4v) is 3.17. The first kappa shape index (κ1) is 19.3. The van der Waals surface area contributed by atoms with Gasteiger partial charge < -0.3 is 15.4 Å². The number of hydrogen-bond acceptors (Lipinski definition) is 3. The second-order valence-corrected chi connectivity index (χ2v) is 7.08. The SMILES string of the molecule is CNC(=O)[C@@H](NC(=O)CCc1cccc(OC2CCCC2)c1)C(C)C. The Bertz CT molecular complexity index is 580. The van der Waals surface area contributed by atoms with Gasteiger partial charge in [0.15, 0.2) is 0 Å². The number of likely N-dealkylation sites (N-methyl/N-ethyl adjacent to an activating group) is 1. The summed E-state index contributed by atoms with van der Waals surface area (Å²) in [5, 5.41) is 5.43. The molecular weight excluding hydrogens is 316 g/mol. The van der Waals surface area contributed by atoms with Crippen LogP contribution in [0, 0.1) is 5.92 Å². The highest BCUT2D eigenvalue weighted by atomic mass is 16.5. The Kier molecular flexibility index (Phi) is 7.29. The summed E-state index contributed by atoms with van der Waals surface area (Å²) in [7, 11) is 1.58. The van der Waals surface area contributed by atoms with Gasteiger partial charge in [-0.3, -0.25) is 9.59 Å². The molecule has 0 radical (unpaired) electrons. The molecular formula is C20H30N2O3. The van der Waals surface area contributed by atoms with Crippen molar-refractivity contribution in [1.82, 2.24) is 10.6 Å². The molecule has 0 heterocycles. The Morgan fingerprint density at radius 3 is 2.60 bits per heavy atom. The lowest BCUT2D eigenvalue weighted by Crippen LogP contribution is -2.48. The summed E-state index contributed by atoms with van der Waals surface area (Å²) >= 11 is 0. The van der Waals surface area contributed by atoms with Crippen LogP contribution in [0.25, 0.3) is 0 Å². The summed E-state index contributed by atoms with van der Waals surface area (Å²) in [5.74, 6) is 0.669. The molecule has 1 atom stereocenters. The van der Waals surface area contributed by atoms with Crippen LogP contribution in [0.1, 0.15) is 51.5 Å². The van der Waals surface area contributed by atoms with Gasteiger partial charge in [0.1, 0.15) is 11.8 Å². The standard InChI is InChI=1S/C20H30N2O3/c1-14(2)19(20(24)21-3)22-18(23)12-11-15-7-6-10-17(13-15)25-16-8-4-5-9-16/h6-7,10,13-14,16,19H,4-5,8-9,11-12H2,1-3H3,(H,21,24)(H,22,23)/t19-/m0/s1. The number of aryl methyl sites for hydroxylation is 1. The molecule has 2 N–H and O–H groups in total. The molecule has 1 aliphatic carbocycles. The molecule has 138 valence electrons. The highest BCUT2D eigenvalue weighted by molar-refractivity contribution is 5.87. The highest BCUT2D eigenvalue weighted by Gasteiger charge is 2.22. The van der Waals surface area contributed by atoms with Crippen molar-refractivity contribution in [2.45, 2.75) is 64.5 Å². The van der Waals surface area contributed by atoms with Crippen molar-refractivity contribution < 1.29 is 14.3 Å². The molecule has 1 aliphatic rings. The van der Waals surface area contributed by atoms with E-state index < -0.39 is 6.04 Å². The van der Waals surface area contributed by atoms with Crippen molar-refractivity contribution in [3.8, 4) is 5.75 Å². The predicted molar refractivity (Wildman–Crippen MR) is 98.5 cm³/mol. The number of carbonyl (C=O) groups excluding carboxylic acids is 2. The van der Waals surface area contributed by atoms with Gasteiger partial charge in [0.2, 0.25) is 11.8 Å². The molecule has 5 nitrogen and oxygen atoms in total. The number of nitrogens with one attached hydrogen (secondary N) is 2. The van der Waals surface area contributed by atoms with Gasteiger partial charge in [-0.15, -0.1) is 0 Å². The van der Waals surface area contributed by atoms with Gasteiger partial charge in [-0.25, -0.2) is 0 Å². The number of ether oxygens (including phenoxy) is 1. The Labute approximate surface area is 150 Å². The zero-order valence-corrected chi connectivity index (χ0v) is 15.5. The van der Waals surface area contributed by atoms with Crippen LogP contribution in [-0.4, -0.2) is 31.0 Å². The van der Waals surface area contributed by atoms with Crippen molar-refractivity contribution in [3.05, 3.63) is 29.8 Å². The summed E-state index contributed by atoms with van der Waals surface area (Å²) in [4.78, 5) is 24.0. The first-order chi connectivity index (χ1) is 12.0. The number of rotatable bonds is 8. The largest absolute Gasteiger partial charge is 0.490 e. The number of hydrogen-bond donors (Lipinski definition) is 2. The molecule has 0 bridgehead atoms. The van der Waals surface area contributed by atoms with E-state index in [4.69, 9.17) is 4.74 Å². The topological polar surface area (TPSA) is 67.4 Å². The Morgan fingerprint density at radius 2 is 1.96 bits per heavy atom. The molecule has 25 heavy (non-hydrogen) atoms. The van der Waals surface area contributed by atoms with Gasteiger partial charge in [0.25, 0.3) is 0 Å². The Balaban J connectivity index is 1.85. The quantitative estimate of drug-likeness (QED) is 0.760. The molecule has 5 heteroatoms. The van der Waals surface area contributed by atoms with Crippen LogP contribution in [0.3, 0.4) is 0 Å². The first-order valence-corrected chi connectivity index (χ1v) is 9.26. The monoisotopic (exact) mass is 346 g/mol. The van der Waals surface area contributed by atoms with Crippen molar-refractivity contribution in [2.75, 3.05) is 7.05 Å². The maximum Gasteiger partial charge on any atom is 0.242 e. The van der Waals surface area contributed by atoms with Gasteiger partial charge in [-0.2, -0.15) is 0 Å². The molecule has 2 rings (SSSR count). The molecule has 0 aliphatic heterocycles. The van der Waals surface area contributed by atoms with Crippen LogP contribution >= 0.6 is 0 Å². The minimum atomic E-state index is -0.491. The van der Waals surface area contributed by atoms with Crippen LogP contribution in [0.4, 0.5) is 0 Å². The van der Waals surface area contributed by atoms with Crippen LogP contribution < -0.4 is 15.4 Å². The third-order valence-corrected chi connectivity index (χ3v) is 4.66. The van der Waals surface area contributed by atoms with E-state index in [1.54, 1.807) is 7.05 Å². The summed E-state index contributed by atoms with van der Waals surface area (Å²) in [6, 6.07) is 7.48. The van der Waals surface area contributed by atoms with E-state index in [0.717, 1.165) is 24.2 Å². The van der Waals surface area contributed by atoms with E-state index in [1.807, 2.05) is 38.1 Å². The van der Waals surface area contributed by atoms with E-state index in [0.29, 0.717) is 18.9 Å². The zero-order valence-electron chi connectivity index (χ0n) is 15.5. The molecule has 0 aromatic heterocycles. The van der Waals surface area contributed by atoms with E-state index in [1.165, 1.54) is 12.8 Å². The van der Waals surface area contributed by atoms with Gasteiger partial charge >= 0.3 is 0 Å². The van der Waals surface area contributed by atoms with E-state index in [-0.39, 0.29) is 17.7 Å². The number of amides is 2. The first-order valence-electron chi connectivity index (χ1n) is 9.26. The minimum Gasteiger partial charge on any atom is -0.490 e. The van der Waals surface area contributed by atoms with Crippen molar-refractivity contribution in [2.24, 2.45) is 5.92 Å². The number of benzene rings is 1. The van der Waals surface area contributed by atoms with Crippen molar-refractivity contribution in [1.29, 1.82) is 0 Å². The smallest absolute Gasteiger partial charge is 0.242 e. The fourth-order valence-electron chi connectivity index (χ4n) is 3.17. The number of carbonyl (C=O) groups is 2. The van der Waals surface area contributed by atoms with Crippen LogP contribution in [-0.2, 0) is 16.0 Å². The average Bonchev–Trinajstić information content (AvgIpc) is 3.10. The van der Waals surface area contributed by atoms with Gasteiger partial charge in [-0.05, 0) is 55.7 Å². The minimum absolute atomic E-state index is 0.0482. The summed E-state index contributed by atoms with van der Waals surface area (Å²) in [6.45, 7) is 3.84. The zero-order chi connectivity index (χ0) is 18.2. The third kappa shape index (κ3) is 6.07. The second kappa shape index (κ2) is 9.44. The highest BCUT2D eigenvalue weighted by Crippen LogP contribution is 2.24. The Hall–Kier alpha value is -2.04. The maximum atomic E-state index is 12.2. The van der Waals surface area contributed by atoms with Crippen LogP contribution in [0.5, 0.6) is 5.75 Å². The summed E-state index contributed by atoms with van der Waals surface area (Å²) < 4.78 is 6.01. The molecule has 1 aromatic carbocycles. The van der Waals surface area contributed by atoms with Crippen molar-refractivity contribution >= 4 is 11.8 Å². The predicted octanol–water partition coefficient (Wildman–Crippen LogP) is 2.83. The van der Waals surface area contributed by atoms with E-state index >= 15 is 0 Å². The third-order valence-electron chi connectivity index (χ3n) is 4.66. The lowest BCUT2D eigenvalue weighted by Gasteiger charge is -2.20. The molecule has 0 spiro atoms. The van der Waals surface area contributed by atoms with E-state index in [2.05, 4.69) is 10.6 Å².